The van der Waals surface area contributed by atoms with Gasteiger partial charge in [0.25, 0.3) is 0 Å². The molecule has 0 aliphatic heterocycles. The third-order valence-electron chi connectivity index (χ3n) is 1.65. The summed E-state index contributed by atoms with van der Waals surface area (Å²) in [6.07, 6.45) is 2.17. The lowest BCUT2D eigenvalue weighted by Gasteiger charge is -2.00. The molecule has 0 aliphatic carbocycles. The van der Waals surface area contributed by atoms with Gasteiger partial charge >= 0.3 is 5.69 Å². The lowest BCUT2D eigenvalue weighted by atomic mass is 10.2. The van der Waals surface area contributed by atoms with E-state index in [1.165, 1.54) is 13.0 Å². The summed E-state index contributed by atoms with van der Waals surface area (Å²) >= 11 is 0. The highest BCUT2D eigenvalue weighted by Crippen LogP contribution is 2.23. The Morgan fingerprint density at radius 3 is 2.85 bits per heavy atom. The fraction of sp³-hybridized carbons (Fsp3) is 0.125. The summed E-state index contributed by atoms with van der Waals surface area (Å²) in [5.41, 5.74) is -0.256. The smallest absolute Gasteiger partial charge is 0.258 e. The fourth-order valence-electron chi connectivity index (χ4n) is 0.969. The molecule has 1 aromatic heterocycles. The largest absolute Gasteiger partial charge is 0.300 e. The monoisotopic (exact) mass is 182 g/mol. The molecule has 1 heterocycles. The predicted octanol–water partition coefficient (Wildman–Crippen LogP) is 2.08. The van der Waals surface area contributed by atoms with Gasteiger partial charge in [-0.3, -0.25) is 10.1 Å². The van der Waals surface area contributed by atoms with E-state index in [4.69, 9.17) is 0 Å². The first-order chi connectivity index (χ1) is 6.07. The van der Waals surface area contributed by atoms with Gasteiger partial charge in [0.1, 0.15) is 5.69 Å². The zero-order valence-electron chi connectivity index (χ0n) is 6.95. The second kappa shape index (κ2) is 3.30. The summed E-state index contributed by atoms with van der Waals surface area (Å²) in [4.78, 5) is 13.4. The van der Waals surface area contributed by atoms with Gasteiger partial charge < -0.3 is 0 Å². The van der Waals surface area contributed by atoms with Crippen LogP contribution in [0.3, 0.4) is 0 Å². The van der Waals surface area contributed by atoms with Crippen LogP contribution in [0.1, 0.15) is 11.3 Å². The second-order valence-corrected chi connectivity index (χ2v) is 2.43. The van der Waals surface area contributed by atoms with E-state index in [0.29, 0.717) is 0 Å². The summed E-state index contributed by atoms with van der Waals surface area (Å²) in [7, 11) is 0. The average Bonchev–Trinajstić information content (AvgIpc) is 2.08. The first-order valence-electron chi connectivity index (χ1n) is 3.50. The maximum absolute atomic E-state index is 12.9. The Labute approximate surface area is 73.9 Å². The maximum Gasteiger partial charge on any atom is 0.300 e. The van der Waals surface area contributed by atoms with Crippen LogP contribution < -0.4 is 0 Å². The summed E-state index contributed by atoms with van der Waals surface area (Å²) < 4.78 is 12.9. The van der Waals surface area contributed by atoms with Crippen molar-refractivity contribution in [1.29, 1.82) is 0 Å². The topological polar surface area (TPSA) is 56.0 Å². The van der Waals surface area contributed by atoms with Gasteiger partial charge in [-0.25, -0.2) is 9.37 Å². The molecule has 0 amide bonds. The molecule has 0 aliphatic rings. The van der Waals surface area contributed by atoms with E-state index in [0.717, 1.165) is 6.20 Å². The van der Waals surface area contributed by atoms with Crippen LogP contribution in [-0.4, -0.2) is 9.91 Å². The molecule has 0 N–H and O–H groups in total. The number of halogens is 1. The molecule has 13 heavy (non-hydrogen) atoms. The van der Waals surface area contributed by atoms with Crippen LogP contribution in [0.25, 0.3) is 6.08 Å². The zero-order chi connectivity index (χ0) is 10.0. The van der Waals surface area contributed by atoms with Crippen LogP contribution in [0.5, 0.6) is 0 Å². The Morgan fingerprint density at radius 1 is 1.77 bits per heavy atom. The lowest BCUT2D eigenvalue weighted by Crippen LogP contribution is -1.99. The molecule has 0 bridgehead atoms. The SMILES string of the molecule is C=Cc1ncc(F)c(C)c1[N+](=O)[O-]. The maximum atomic E-state index is 12.9. The van der Waals surface area contributed by atoms with Crippen molar-refractivity contribution in [2.75, 3.05) is 0 Å². The standard InChI is InChI=1S/C8H7FN2O2/c1-3-7-8(11(12)13)5(2)6(9)4-10-7/h3-4H,1H2,2H3. The number of rotatable bonds is 2. The minimum absolute atomic E-state index is 0.0186. The van der Waals surface area contributed by atoms with Crippen LogP contribution >= 0.6 is 0 Å². The molecule has 0 unspecified atom stereocenters. The number of hydrogen-bond acceptors (Lipinski definition) is 3. The quantitative estimate of drug-likeness (QED) is 0.519. The van der Waals surface area contributed by atoms with E-state index in [2.05, 4.69) is 11.6 Å². The molecular weight excluding hydrogens is 175 g/mol. The molecule has 0 fully saturated rings. The van der Waals surface area contributed by atoms with Crippen LogP contribution in [0.15, 0.2) is 12.8 Å². The fourth-order valence-corrected chi connectivity index (χ4v) is 0.969. The molecule has 1 aromatic rings. The molecule has 0 saturated heterocycles. The first-order valence-corrected chi connectivity index (χ1v) is 3.50. The molecule has 4 nitrogen and oxygen atoms in total. The Hall–Kier alpha value is -1.78. The third kappa shape index (κ3) is 1.53. The van der Waals surface area contributed by atoms with Crippen molar-refractivity contribution in [2.24, 2.45) is 0 Å². The highest BCUT2D eigenvalue weighted by atomic mass is 19.1. The number of nitrogens with zero attached hydrogens (tertiary/aromatic N) is 2. The van der Waals surface area contributed by atoms with E-state index in [9.17, 15) is 14.5 Å². The van der Waals surface area contributed by atoms with Gasteiger partial charge in [0.15, 0.2) is 5.82 Å². The molecule has 0 aromatic carbocycles. The Kier molecular flexibility index (Phi) is 2.36. The van der Waals surface area contributed by atoms with Gasteiger partial charge in [0.05, 0.1) is 16.7 Å². The lowest BCUT2D eigenvalue weighted by molar-refractivity contribution is -0.386. The van der Waals surface area contributed by atoms with Gasteiger partial charge in [-0.05, 0) is 13.0 Å². The Morgan fingerprint density at radius 2 is 2.38 bits per heavy atom. The van der Waals surface area contributed by atoms with Crippen molar-refractivity contribution in [3.63, 3.8) is 0 Å². The van der Waals surface area contributed by atoms with E-state index in [-0.39, 0.29) is 16.9 Å². The average molecular weight is 182 g/mol. The van der Waals surface area contributed by atoms with Crippen molar-refractivity contribution in [3.8, 4) is 0 Å². The van der Waals surface area contributed by atoms with Crippen LogP contribution in [-0.2, 0) is 0 Å². The van der Waals surface area contributed by atoms with Gasteiger partial charge in [0.2, 0.25) is 0 Å². The summed E-state index contributed by atoms with van der Waals surface area (Å²) in [5.74, 6) is -0.683. The summed E-state index contributed by atoms with van der Waals surface area (Å²) in [6, 6.07) is 0. The van der Waals surface area contributed by atoms with E-state index < -0.39 is 10.7 Å². The molecule has 1 rings (SSSR count). The van der Waals surface area contributed by atoms with Crippen LogP contribution in [0, 0.1) is 22.9 Å². The normalized spacial score (nSPS) is 9.69. The number of pyridine rings is 1. The van der Waals surface area contributed by atoms with E-state index >= 15 is 0 Å². The van der Waals surface area contributed by atoms with Gasteiger partial charge in [0, 0.05) is 0 Å². The molecule has 0 radical (unpaired) electrons. The van der Waals surface area contributed by atoms with Gasteiger partial charge in [-0.15, -0.1) is 0 Å². The number of aromatic nitrogens is 1. The number of nitro groups is 1. The van der Waals surface area contributed by atoms with Crippen molar-refractivity contribution >= 4 is 11.8 Å². The summed E-state index contributed by atoms with van der Waals surface area (Å²) in [6.45, 7) is 4.69. The molecule has 68 valence electrons. The summed E-state index contributed by atoms with van der Waals surface area (Å²) in [5, 5.41) is 10.5. The second-order valence-electron chi connectivity index (χ2n) is 2.43. The molecule has 5 heteroatoms. The molecule has 0 atom stereocenters. The van der Waals surface area contributed by atoms with Gasteiger partial charge in [-0.1, -0.05) is 6.58 Å². The van der Waals surface area contributed by atoms with Crippen molar-refractivity contribution < 1.29 is 9.31 Å². The Balaban J connectivity index is 3.50. The van der Waals surface area contributed by atoms with Crippen LogP contribution in [0.2, 0.25) is 0 Å². The van der Waals surface area contributed by atoms with Crippen molar-refractivity contribution in [3.05, 3.63) is 40.0 Å². The highest BCUT2D eigenvalue weighted by molar-refractivity contribution is 5.58. The van der Waals surface area contributed by atoms with E-state index in [1.54, 1.807) is 0 Å². The molecular formula is C8H7FN2O2. The predicted molar refractivity (Wildman–Crippen MR) is 45.7 cm³/mol. The van der Waals surface area contributed by atoms with Crippen molar-refractivity contribution in [2.45, 2.75) is 6.92 Å². The third-order valence-corrected chi connectivity index (χ3v) is 1.65. The molecule has 0 spiro atoms. The molecule has 0 saturated carbocycles. The zero-order valence-corrected chi connectivity index (χ0v) is 6.95. The Bertz CT molecular complexity index is 377. The first kappa shape index (κ1) is 9.31. The highest BCUT2D eigenvalue weighted by Gasteiger charge is 2.19. The number of hydrogen-bond donors (Lipinski definition) is 0. The minimum Gasteiger partial charge on any atom is -0.258 e. The minimum atomic E-state index is -0.683. The van der Waals surface area contributed by atoms with Crippen molar-refractivity contribution in [1.82, 2.24) is 4.98 Å². The van der Waals surface area contributed by atoms with Gasteiger partial charge in [-0.2, -0.15) is 0 Å². The van der Waals surface area contributed by atoms with Crippen LogP contribution in [0.4, 0.5) is 10.1 Å². The van der Waals surface area contributed by atoms with E-state index in [1.807, 2.05) is 0 Å².